The van der Waals surface area contributed by atoms with Crippen molar-refractivity contribution in [1.29, 1.82) is 0 Å². The standard InChI is InChI=1S/C19H31N3O4S/c1-14(2)19(23)20-16-8-9-18(21(3)4)15(11-16)12-22(27(5,24)25)13-17-7-6-10-26-17/h8-9,11,14,17H,6-7,10,12-13H2,1-5H3,(H,20,23)/t17-/m1/s1. The Morgan fingerprint density at radius 2 is 2.04 bits per heavy atom. The van der Waals surface area contributed by atoms with E-state index >= 15 is 0 Å². The maximum Gasteiger partial charge on any atom is 0.226 e. The van der Waals surface area contributed by atoms with Crippen LogP contribution >= 0.6 is 0 Å². The van der Waals surface area contributed by atoms with Crippen LogP contribution in [0.15, 0.2) is 18.2 Å². The average Bonchev–Trinajstić information content (AvgIpc) is 3.06. The number of nitrogens with one attached hydrogen (secondary N) is 1. The Morgan fingerprint density at radius 1 is 1.33 bits per heavy atom. The van der Waals surface area contributed by atoms with Gasteiger partial charge in [0.25, 0.3) is 0 Å². The van der Waals surface area contributed by atoms with E-state index < -0.39 is 10.0 Å². The van der Waals surface area contributed by atoms with E-state index in [2.05, 4.69) is 5.32 Å². The van der Waals surface area contributed by atoms with Crippen molar-refractivity contribution in [2.45, 2.75) is 39.3 Å². The summed E-state index contributed by atoms with van der Waals surface area (Å²) in [7, 11) is 0.431. The number of ether oxygens (including phenoxy) is 1. The molecule has 1 aromatic carbocycles. The fourth-order valence-corrected chi connectivity index (χ4v) is 3.85. The van der Waals surface area contributed by atoms with E-state index in [-0.39, 0.29) is 24.5 Å². The molecule has 2 rings (SSSR count). The largest absolute Gasteiger partial charge is 0.377 e. The first-order chi connectivity index (χ1) is 12.6. The van der Waals surface area contributed by atoms with Gasteiger partial charge in [-0.3, -0.25) is 4.79 Å². The summed E-state index contributed by atoms with van der Waals surface area (Å²) in [4.78, 5) is 13.9. The van der Waals surface area contributed by atoms with Gasteiger partial charge in [-0.1, -0.05) is 13.8 Å². The summed E-state index contributed by atoms with van der Waals surface area (Å²) in [6, 6.07) is 5.59. The molecule has 0 unspecified atom stereocenters. The zero-order valence-electron chi connectivity index (χ0n) is 16.9. The van der Waals surface area contributed by atoms with Gasteiger partial charge in [-0.25, -0.2) is 8.42 Å². The van der Waals surface area contributed by atoms with Gasteiger partial charge in [-0.2, -0.15) is 4.31 Å². The molecule has 1 amide bonds. The molecule has 0 aliphatic carbocycles. The second-order valence-corrected chi connectivity index (χ2v) is 9.55. The van der Waals surface area contributed by atoms with Gasteiger partial charge < -0.3 is 15.0 Å². The molecule has 1 aliphatic heterocycles. The van der Waals surface area contributed by atoms with Crippen LogP contribution in [0.2, 0.25) is 0 Å². The zero-order chi connectivity index (χ0) is 20.2. The normalized spacial score (nSPS) is 17.5. The number of amides is 1. The lowest BCUT2D eigenvalue weighted by Gasteiger charge is -2.26. The zero-order valence-corrected chi connectivity index (χ0v) is 17.7. The van der Waals surface area contributed by atoms with Gasteiger partial charge in [0.2, 0.25) is 15.9 Å². The molecule has 1 aliphatic rings. The molecule has 1 atom stereocenters. The number of nitrogens with zero attached hydrogens (tertiary/aromatic N) is 2. The molecule has 0 aromatic heterocycles. The molecule has 1 heterocycles. The molecular formula is C19H31N3O4S. The van der Waals surface area contributed by atoms with Gasteiger partial charge in [0.05, 0.1) is 12.4 Å². The molecule has 0 radical (unpaired) electrons. The SMILES string of the molecule is CC(C)C(=O)Nc1ccc(N(C)C)c(CN(C[C@H]2CCCO2)S(C)(=O)=O)c1. The van der Waals surface area contributed by atoms with Crippen molar-refractivity contribution in [3.8, 4) is 0 Å². The van der Waals surface area contributed by atoms with E-state index in [1.807, 2.05) is 51.0 Å². The van der Waals surface area contributed by atoms with Crippen molar-refractivity contribution in [1.82, 2.24) is 4.31 Å². The smallest absolute Gasteiger partial charge is 0.226 e. The van der Waals surface area contributed by atoms with Crippen LogP contribution in [0.5, 0.6) is 0 Å². The van der Waals surface area contributed by atoms with E-state index in [0.717, 1.165) is 24.1 Å². The van der Waals surface area contributed by atoms with Crippen LogP contribution in [0.4, 0.5) is 11.4 Å². The number of hydrogen-bond acceptors (Lipinski definition) is 5. The first-order valence-corrected chi connectivity index (χ1v) is 11.1. The monoisotopic (exact) mass is 397 g/mol. The van der Waals surface area contributed by atoms with Crippen LogP contribution in [0.25, 0.3) is 0 Å². The van der Waals surface area contributed by atoms with Crippen LogP contribution in [-0.2, 0) is 26.1 Å². The summed E-state index contributed by atoms with van der Waals surface area (Å²) in [6.07, 6.45) is 2.99. The molecule has 0 spiro atoms. The Hall–Kier alpha value is -1.64. The lowest BCUT2D eigenvalue weighted by molar-refractivity contribution is -0.118. The molecule has 1 N–H and O–H groups in total. The minimum Gasteiger partial charge on any atom is -0.377 e. The first kappa shape index (κ1) is 21.7. The summed E-state index contributed by atoms with van der Waals surface area (Å²) in [5, 5.41) is 2.88. The maximum absolute atomic E-state index is 12.3. The van der Waals surface area contributed by atoms with Crippen LogP contribution in [-0.4, -0.2) is 58.2 Å². The molecule has 8 heteroatoms. The third-order valence-electron chi connectivity index (χ3n) is 4.60. The second-order valence-electron chi connectivity index (χ2n) is 7.57. The molecule has 7 nitrogen and oxygen atoms in total. The Labute approximate surface area is 162 Å². The van der Waals surface area contributed by atoms with Crippen molar-refractivity contribution in [3.63, 3.8) is 0 Å². The van der Waals surface area contributed by atoms with Gasteiger partial charge in [-0.05, 0) is 36.6 Å². The highest BCUT2D eigenvalue weighted by Gasteiger charge is 2.26. The lowest BCUT2D eigenvalue weighted by atomic mass is 10.1. The van der Waals surface area contributed by atoms with Crippen molar-refractivity contribution >= 4 is 27.3 Å². The van der Waals surface area contributed by atoms with Crippen molar-refractivity contribution in [2.75, 3.05) is 43.7 Å². The minimum absolute atomic E-state index is 0.0636. The highest BCUT2D eigenvalue weighted by Crippen LogP contribution is 2.26. The predicted molar refractivity (Wildman–Crippen MR) is 108 cm³/mol. The molecule has 152 valence electrons. The van der Waals surface area contributed by atoms with Gasteiger partial charge in [-0.15, -0.1) is 0 Å². The highest BCUT2D eigenvalue weighted by molar-refractivity contribution is 7.88. The second kappa shape index (κ2) is 9.03. The number of benzene rings is 1. The third kappa shape index (κ3) is 6.19. The quantitative estimate of drug-likeness (QED) is 0.728. The fraction of sp³-hybridized carbons (Fsp3) is 0.632. The van der Waals surface area contributed by atoms with E-state index in [1.54, 1.807) is 0 Å². The van der Waals surface area contributed by atoms with Crippen molar-refractivity contribution < 1.29 is 17.9 Å². The van der Waals surface area contributed by atoms with Gasteiger partial charge in [0.1, 0.15) is 0 Å². The lowest BCUT2D eigenvalue weighted by Crippen LogP contribution is -2.36. The fourth-order valence-electron chi connectivity index (χ4n) is 3.04. The molecule has 1 fully saturated rings. The van der Waals surface area contributed by atoms with Gasteiger partial charge in [0.15, 0.2) is 0 Å². The number of anilines is 2. The highest BCUT2D eigenvalue weighted by atomic mass is 32.2. The van der Waals surface area contributed by atoms with Crippen LogP contribution in [0, 0.1) is 5.92 Å². The summed E-state index contributed by atoms with van der Waals surface area (Å²) in [6.45, 7) is 4.92. The molecule has 1 aromatic rings. The number of rotatable bonds is 8. The Morgan fingerprint density at radius 3 is 2.56 bits per heavy atom. The predicted octanol–water partition coefficient (Wildman–Crippen LogP) is 2.29. The summed E-state index contributed by atoms with van der Waals surface area (Å²) >= 11 is 0. The van der Waals surface area contributed by atoms with E-state index in [9.17, 15) is 13.2 Å². The Balaban J connectivity index is 2.29. The Kier molecular flexibility index (Phi) is 7.25. The molecule has 0 bridgehead atoms. The summed E-state index contributed by atoms with van der Waals surface area (Å²) < 4.78 is 31.8. The van der Waals surface area contributed by atoms with Crippen LogP contribution in [0.3, 0.4) is 0 Å². The number of carbonyl (C=O) groups is 1. The maximum atomic E-state index is 12.3. The Bertz CT molecular complexity index is 756. The van der Waals surface area contributed by atoms with Gasteiger partial charge in [0, 0.05) is 51.1 Å². The summed E-state index contributed by atoms with van der Waals surface area (Å²) in [5.41, 5.74) is 2.42. The topological polar surface area (TPSA) is 79.0 Å². The first-order valence-electron chi connectivity index (χ1n) is 9.25. The number of sulfonamides is 1. The molecule has 0 saturated carbocycles. The van der Waals surface area contributed by atoms with E-state index in [1.165, 1.54) is 10.6 Å². The van der Waals surface area contributed by atoms with E-state index in [0.29, 0.717) is 18.8 Å². The molecule has 27 heavy (non-hydrogen) atoms. The number of carbonyl (C=O) groups excluding carboxylic acids is 1. The van der Waals surface area contributed by atoms with Gasteiger partial charge >= 0.3 is 0 Å². The summed E-state index contributed by atoms with van der Waals surface area (Å²) in [5.74, 6) is -0.202. The van der Waals surface area contributed by atoms with Crippen molar-refractivity contribution in [3.05, 3.63) is 23.8 Å². The average molecular weight is 398 g/mol. The van der Waals surface area contributed by atoms with Crippen LogP contribution in [0.1, 0.15) is 32.3 Å². The van der Waals surface area contributed by atoms with E-state index in [4.69, 9.17) is 4.74 Å². The molecule has 1 saturated heterocycles. The van der Waals surface area contributed by atoms with Crippen molar-refractivity contribution in [2.24, 2.45) is 5.92 Å². The van der Waals surface area contributed by atoms with Crippen LogP contribution < -0.4 is 10.2 Å². The third-order valence-corrected chi connectivity index (χ3v) is 5.82. The number of hydrogen-bond donors (Lipinski definition) is 1. The molecular weight excluding hydrogens is 366 g/mol. The minimum atomic E-state index is -3.39.